The number of rotatable bonds is 2. The molecule has 1 amide bonds. The van der Waals surface area contributed by atoms with Crippen LogP contribution in [0.15, 0.2) is 29.0 Å². The van der Waals surface area contributed by atoms with Crippen LogP contribution < -0.4 is 5.43 Å². The molecular formula is C13H15N3O2. The average Bonchev–Trinajstić information content (AvgIpc) is 3.08. The Labute approximate surface area is 105 Å². The molecule has 3 rings (SSSR count). The first kappa shape index (κ1) is 11.1. The third-order valence-electron chi connectivity index (χ3n) is 3.24. The van der Waals surface area contributed by atoms with Crippen LogP contribution in [0.1, 0.15) is 31.4 Å². The zero-order valence-corrected chi connectivity index (χ0v) is 9.98. The fourth-order valence-corrected chi connectivity index (χ4v) is 2.29. The highest BCUT2D eigenvalue weighted by Crippen LogP contribution is 2.23. The average molecular weight is 245 g/mol. The Kier molecular flexibility index (Phi) is 2.88. The Morgan fingerprint density at radius 1 is 1.39 bits per heavy atom. The van der Waals surface area contributed by atoms with Gasteiger partial charge in [0.25, 0.3) is 5.91 Å². The molecule has 2 aliphatic rings. The molecule has 2 N–H and O–H groups in total. The number of aromatic amines is 1. The minimum Gasteiger partial charge on any atom is -0.473 e. The molecule has 5 nitrogen and oxygen atoms in total. The molecule has 0 spiro atoms. The molecule has 0 saturated heterocycles. The number of nitrogens with one attached hydrogen (secondary N) is 2. The van der Waals surface area contributed by atoms with E-state index in [0.717, 1.165) is 18.5 Å². The first-order valence-corrected chi connectivity index (χ1v) is 6.23. The maximum absolute atomic E-state index is 11.7. The topological polar surface area (TPSA) is 66.5 Å². The van der Waals surface area contributed by atoms with Gasteiger partial charge in [-0.3, -0.25) is 4.79 Å². The van der Waals surface area contributed by atoms with Crippen molar-refractivity contribution in [1.29, 1.82) is 0 Å². The van der Waals surface area contributed by atoms with Gasteiger partial charge in [-0.05, 0) is 43.9 Å². The van der Waals surface area contributed by atoms with E-state index in [-0.39, 0.29) is 12.0 Å². The van der Waals surface area contributed by atoms with E-state index in [1.165, 1.54) is 12.8 Å². The summed E-state index contributed by atoms with van der Waals surface area (Å²) in [6.07, 6.45) is 8.24. The van der Waals surface area contributed by atoms with E-state index in [0.29, 0.717) is 11.5 Å². The third kappa shape index (κ3) is 2.16. The van der Waals surface area contributed by atoms with E-state index >= 15 is 0 Å². The van der Waals surface area contributed by atoms with E-state index in [1.54, 1.807) is 6.08 Å². The van der Waals surface area contributed by atoms with E-state index in [2.05, 4.69) is 15.5 Å². The number of hydrogen-bond acceptors (Lipinski definition) is 3. The van der Waals surface area contributed by atoms with Crippen LogP contribution in [-0.2, 0) is 9.53 Å². The van der Waals surface area contributed by atoms with Crippen LogP contribution in [0.4, 0.5) is 0 Å². The zero-order valence-electron chi connectivity index (χ0n) is 9.98. The van der Waals surface area contributed by atoms with Gasteiger partial charge in [-0.15, -0.1) is 5.10 Å². The van der Waals surface area contributed by atoms with Crippen LogP contribution in [0.2, 0.25) is 0 Å². The molecule has 0 radical (unpaired) electrons. The summed E-state index contributed by atoms with van der Waals surface area (Å²) in [6, 6.07) is 3.78. The summed E-state index contributed by atoms with van der Waals surface area (Å²) in [5, 5.41) is 3.95. The van der Waals surface area contributed by atoms with E-state index in [1.807, 2.05) is 18.3 Å². The van der Waals surface area contributed by atoms with Crippen LogP contribution in [0.3, 0.4) is 0 Å². The third-order valence-corrected chi connectivity index (χ3v) is 3.24. The van der Waals surface area contributed by atoms with Crippen molar-refractivity contribution in [3.63, 3.8) is 0 Å². The van der Waals surface area contributed by atoms with Gasteiger partial charge in [0.1, 0.15) is 11.7 Å². The lowest BCUT2D eigenvalue weighted by Crippen LogP contribution is -2.17. The quantitative estimate of drug-likeness (QED) is 0.780. The summed E-state index contributed by atoms with van der Waals surface area (Å²) in [7, 11) is 0. The number of carbonyl (C=O) groups is 1. The summed E-state index contributed by atoms with van der Waals surface area (Å²) in [6.45, 7) is 0. The lowest BCUT2D eigenvalue weighted by atomic mass is 10.2. The van der Waals surface area contributed by atoms with Gasteiger partial charge in [0.2, 0.25) is 5.90 Å². The van der Waals surface area contributed by atoms with Gasteiger partial charge < -0.3 is 9.72 Å². The molecule has 94 valence electrons. The Bertz CT molecular complexity index is 496. The van der Waals surface area contributed by atoms with Crippen LogP contribution in [0.5, 0.6) is 0 Å². The van der Waals surface area contributed by atoms with Crippen LogP contribution in [0.25, 0.3) is 6.08 Å². The standard InChI is InChI=1S/C13H15N3O2/c17-12-11(8-9-4-3-7-14-9)13(16-15-12)18-10-5-1-2-6-10/h3-4,7-8,10,14H,1-2,5-6H2,(H,15,17). The van der Waals surface area contributed by atoms with Crippen molar-refractivity contribution < 1.29 is 9.53 Å². The number of hydrogen-bond donors (Lipinski definition) is 2. The Hall–Kier alpha value is -2.04. The van der Waals surface area contributed by atoms with Gasteiger partial charge >= 0.3 is 0 Å². The molecule has 0 bridgehead atoms. The second-order valence-electron chi connectivity index (χ2n) is 4.57. The fourth-order valence-electron chi connectivity index (χ4n) is 2.29. The van der Waals surface area contributed by atoms with Gasteiger partial charge in [0, 0.05) is 11.9 Å². The number of aromatic nitrogens is 1. The normalized spacial score (nSPS) is 22.3. The van der Waals surface area contributed by atoms with Crippen molar-refractivity contribution in [3.8, 4) is 0 Å². The van der Waals surface area contributed by atoms with Gasteiger partial charge in [0.15, 0.2) is 0 Å². The highest BCUT2D eigenvalue weighted by molar-refractivity contribution is 6.24. The maximum atomic E-state index is 11.7. The predicted octanol–water partition coefficient (Wildman–Crippen LogP) is 1.80. The highest BCUT2D eigenvalue weighted by atomic mass is 16.5. The second-order valence-corrected chi connectivity index (χ2v) is 4.57. The van der Waals surface area contributed by atoms with Gasteiger partial charge in [-0.1, -0.05) is 0 Å². The number of ether oxygens (including phenoxy) is 1. The molecule has 1 saturated carbocycles. The molecule has 5 heteroatoms. The van der Waals surface area contributed by atoms with E-state index < -0.39 is 0 Å². The Balaban J connectivity index is 1.78. The van der Waals surface area contributed by atoms with Crippen LogP contribution in [0, 0.1) is 0 Å². The molecule has 2 heterocycles. The fraction of sp³-hybridized carbons (Fsp3) is 0.385. The van der Waals surface area contributed by atoms with Crippen molar-refractivity contribution in [3.05, 3.63) is 29.6 Å². The summed E-state index contributed by atoms with van der Waals surface area (Å²) in [5.74, 6) is 0.207. The Morgan fingerprint density at radius 2 is 2.22 bits per heavy atom. The molecule has 18 heavy (non-hydrogen) atoms. The molecule has 1 aliphatic carbocycles. The number of hydrazone groups is 1. The number of nitrogens with zero attached hydrogens (tertiary/aromatic N) is 1. The maximum Gasteiger partial charge on any atom is 0.277 e. The van der Waals surface area contributed by atoms with Crippen LogP contribution in [-0.4, -0.2) is 22.9 Å². The number of carbonyl (C=O) groups excluding carboxylic acids is 1. The summed E-state index contributed by atoms with van der Waals surface area (Å²) >= 11 is 0. The lowest BCUT2D eigenvalue weighted by Gasteiger charge is -2.11. The monoisotopic (exact) mass is 245 g/mol. The van der Waals surface area contributed by atoms with Gasteiger partial charge in [-0.25, -0.2) is 5.43 Å². The zero-order chi connectivity index (χ0) is 12.4. The first-order chi connectivity index (χ1) is 8.83. The number of amides is 1. The summed E-state index contributed by atoms with van der Waals surface area (Å²) < 4.78 is 5.79. The van der Waals surface area contributed by atoms with E-state index in [9.17, 15) is 4.79 Å². The smallest absolute Gasteiger partial charge is 0.277 e. The molecule has 1 aromatic heterocycles. The molecule has 1 fully saturated rings. The van der Waals surface area contributed by atoms with Crippen molar-refractivity contribution in [2.45, 2.75) is 31.8 Å². The van der Waals surface area contributed by atoms with Gasteiger partial charge in [0.05, 0.1) is 0 Å². The second kappa shape index (κ2) is 4.68. The molecule has 0 atom stereocenters. The minimum atomic E-state index is -0.211. The molecule has 1 aliphatic heterocycles. The number of H-pyrrole nitrogens is 1. The van der Waals surface area contributed by atoms with Crippen molar-refractivity contribution in [1.82, 2.24) is 10.4 Å². The van der Waals surface area contributed by atoms with Crippen molar-refractivity contribution in [2.75, 3.05) is 0 Å². The molecule has 0 aromatic carbocycles. The lowest BCUT2D eigenvalue weighted by molar-refractivity contribution is -0.116. The Morgan fingerprint density at radius 3 is 2.94 bits per heavy atom. The summed E-state index contributed by atoms with van der Waals surface area (Å²) in [4.78, 5) is 14.7. The van der Waals surface area contributed by atoms with Crippen molar-refractivity contribution >= 4 is 17.9 Å². The van der Waals surface area contributed by atoms with Crippen molar-refractivity contribution in [2.24, 2.45) is 5.10 Å². The predicted molar refractivity (Wildman–Crippen MR) is 67.7 cm³/mol. The molecule has 1 aromatic rings. The molecular weight excluding hydrogens is 230 g/mol. The largest absolute Gasteiger partial charge is 0.473 e. The highest BCUT2D eigenvalue weighted by Gasteiger charge is 2.28. The van der Waals surface area contributed by atoms with E-state index in [4.69, 9.17) is 4.74 Å². The minimum absolute atomic E-state index is 0.198. The first-order valence-electron chi connectivity index (χ1n) is 6.23. The SMILES string of the molecule is O=C1NN=C(OC2CCCC2)C1=Cc1ccc[nH]1. The van der Waals surface area contributed by atoms with Crippen LogP contribution >= 0.6 is 0 Å². The molecule has 0 unspecified atom stereocenters. The van der Waals surface area contributed by atoms with Gasteiger partial charge in [-0.2, -0.15) is 0 Å². The summed E-state index contributed by atoms with van der Waals surface area (Å²) in [5.41, 5.74) is 3.80.